The first-order valence-electron chi connectivity index (χ1n) is 7.31. The standard InChI is InChI=1S/C16H25ClO3SSi/c1-16(2,3)22(4,5)20-11-12-21(19)15(17)14(18)13-9-7-6-8-10-13/h6-10,15H,11-12H2,1-5H3. The number of Topliss-reactive ketones (excluding diaryl/α,β-unsaturated/α-hetero) is 1. The molecule has 1 aromatic carbocycles. The van der Waals surface area contributed by atoms with Gasteiger partial charge >= 0.3 is 0 Å². The van der Waals surface area contributed by atoms with E-state index in [0.29, 0.717) is 12.2 Å². The topological polar surface area (TPSA) is 43.4 Å². The molecule has 0 heterocycles. The molecule has 0 fully saturated rings. The highest BCUT2D eigenvalue weighted by Crippen LogP contribution is 2.36. The Bertz CT molecular complexity index is 526. The average molecular weight is 361 g/mol. The van der Waals surface area contributed by atoms with Crippen LogP contribution in [-0.2, 0) is 15.2 Å². The Morgan fingerprint density at radius 3 is 2.32 bits per heavy atom. The van der Waals surface area contributed by atoms with Crippen molar-refractivity contribution in [1.29, 1.82) is 0 Å². The zero-order chi connectivity index (χ0) is 17.0. The van der Waals surface area contributed by atoms with E-state index >= 15 is 0 Å². The normalized spacial score (nSPS) is 15.4. The van der Waals surface area contributed by atoms with Crippen LogP contribution in [0.4, 0.5) is 0 Å². The van der Waals surface area contributed by atoms with Crippen LogP contribution in [0.1, 0.15) is 31.1 Å². The monoisotopic (exact) mass is 360 g/mol. The molecule has 0 aliphatic rings. The first-order chi connectivity index (χ1) is 10.1. The zero-order valence-electron chi connectivity index (χ0n) is 13.9. The van der Waals surface area contributed by atoms with Crippen molar-refractivity contribution in [3.8, 4) is 0 Å². The van der Waals surface area contributed by atoms with Gasteiger partial charge in [-0.3, -0.25) is 9.00 Å². The van der Waals surface area contributed by atoms with Crippen LogP contribution in [0.5, 0.6) is 0 Å². The highest BCUT2D eigenvalue weighted by molar-refractivity contribution is 7.87. The van der Waals surface area contributed by atoms with Crippen LogP contribution >= 0.6 is 11.6 Å². The lowest BCUT2D eigenvalue weighted by molar-refractivity contribution is 0.101. The number of ketones is 1. The summed E-state index contributed by atoms with van der Waals surface area (Å²) in [5.74, 6) is -0.0212. The molecule has 0 radical (unpaired) electrons. The molecule has 0 aromatic heterocycles. The van der Waals surface area contributed by atoms with Gasteiger partial charge in [0.2, 0.25) is 0 Å². The Morgan fingerprint density at radius 1 is 1.27 bits per heavy atom. The Labute approximate surface area is 142 Å². The molecule has 124 valence electrons. The summed E-state index contributed by atoms with van der Waals surface area (Å²) in [5.41, 5.74) is 0.487. The van der Waals surface area contributed by atoms with Crippen LogP contribution in [0.25, 0.3) is 0 Å². The third-order valence-corrected chi connectivity index (χ3v) is 10.6. The molecule has 0 N–H and O–H groups in total. The Morgan fingerprint density at radius 2 is 1.82 bits per heavy atom. The first kappa shape index (κ1) is 19.6. The van der Waals surface area contributed by atoms with Crippen LogP contribution < -0.4 is 0 Å². The van der Waals surface area contributed by atoms with Gasteiger partial charge in [-0.2, -0.15) is 0 Å². The molecule has 3 nitrogen and oxygen atoms in total. The van der Waals surface area contributed by atoms with Crippen molar-refractivity contribution in [3.05, 3.63) is 35.9 Å². The maximum absolute atomic E-state index is 12.2. The molecule has 0 aliphatic heterocycles. The number of alkyl halides is 1. The van der Waals surface area contributed by atoms with Gasteiger partial charge < -0.3 is 4.43 Å². The summed E-state index contributed by atoms with van der Waals surface area (Å²) in [6.07, 6.45) is 0. The minimum absolute atomic E-state index is 0.106. The van der Waals surface area contributed by atoms with Gasteiger partial charge in [-0.25, -0.2) is 0 Å². The fraction of sp³-hybridized carbons (Fsp3) is 0.562. The fourth-order valence-corrected chi connectivity index (χ4v) is 3.97. The molecule has 0 bridgehead atoms. The predicted octanol–water partition coefficient (Wildman–Crippen LogP) is 4.20. The highest BCUT2D eigenvalue weighted by Gasteiger charge is 2.37. The predicted molar refractivity (Wildman–Crippen MR) is 96.6 cm³/mol. The number of halogens is 1. The van der Waals surface area contributed by atoms with E-state index in [4.69, 9.17) is 16.0 Å². The van der Waals surface area contributed by atoms with Crippen LogP contribution in [-0.4, -0.2) is 35.4 Å². The molecule has 0 aliphatic carbocycles. The maximum Gasteiger partial charge on any atom is 0.193 e. The molecule has 22 heavy (non-hydrogen) atoms. The Kier molecular flexibility index (Phi) is 6.99. The lowest BCUT2D eigenvalue weighted by Gasteiger charge is -2.36. The van der Waals surface area contributed by atoms with Gasteiger partial charge in [-0.15, -0.1) is 0 Å². The van der Waals surface area contributed by atoms with Gasteiger partial charge in [0, 0.05) is 28.7 Å². The Balaban J connectivity index is 2.54. The average Bonchev–Trinajstić information content (AvgIpc) is 2.45. The van der Waals surface area contributed by atoms with E-state index in [2.05, 4.69) is 33.9 Å². The van der Waals surface area contributed by atoms with Gasteiger partial charge in [0.15, 0.2) is 18.8 Å². The van der Waals surface area contributed by atoms with Crippen molar-refractivity contribution in [2.24, 2.45) is 0 Å². The van der Waals surface area contributed by atoms with Crippen molar-refractivity contribution in [3.63, 3.8) is 0 Å². The molecule has 1 aromatic rings. The maximum atomic E-state index is 12.2. The van der Waals surface area contributed by atoms with Gasteiger partial charge in [-0.05, 0) is 18.1 Å². The van der Waals surface area contributed by atoms with E-state index in [1.54, 1.807) is 24.3 Å². The smallest absolute Gasteiger partial charge is 0.193 e. The van der Waals surface area contributed by atoms with E-state index in [1.807, 2.05) is 6.07 Å². The summed E-state index contributed by atoms with van der Waals surface area (Å²) in [7, 11) is -3.30. The number of hydrogen-bond acceptors (Lipinski definition) is 3. The van der Waals surface area contributed by atoms with Gasteiger partial charge in [0.1, 0.15) is 0 Å². The van der Waals surface area contributed by atoms with Crippen LogP contribution in [0, 0.1) is 0 Å². The minimum atomic E-state index is -1.86. The SMILES string of the molecule is CC(C)(C)[Si](C)(C)OCCS(=O)C(Cl)C(=O)c1ccccc1. The summed E-state index contributed by atoms with van der Waals surface area (Å²) in [5, 5.41) is 0.106. The lowest BCUT2D eigenvalue weighted by Crippen LogP contribution is -2.42. The van der Waals surface area contributed by atoms with Crippen molar-refractivity contribution >= 4 is 36.5 Å². The second-order valence-electron chi connectivity index (χ2n) is 6.74. The summed E-state index contributed by atoms with van der Waals surface area (Å²) in [4.78, 5) is 12.1. The summed E-state index contributed by atoms with van der Waals surface area (Å²) in [6, 6.07) is 8.72. The number of hydrogen-bond donors (Lipinski definition) is 0. The molecule has 2 unspecified atom stereocenters. The van der Waals surface area contributed by atoms with E-state index in [-0.39, 0.29) is 16.6 Å². The summed E-state index contributed by atoms with van der Waals surface area (Å²) in [6.45, 7) is 11.1. The fourth-order valence-electron chi connectivity index (χ4n) is 1.55. The highest BCUT2D eigenvalue weighted by atomic mass is 35.5. The van der Waals surface area contributed by atoms with E-state index in [0.717, 1.165) is 0 Å². The molecule has 2 atom stereocenters. The molecular weight excluding hydrogens is 336 g/mol. The number of carbonyl (C=O) groups excluding carboxylic acids is 1. The van der Waals surface area contributed by atoms with Crippen LogP contribution in [0.15, 0.2) is 30.3 Å². The third kappa shape index (κ3) is 5.30. The number of rotatable bonds is 7. The van der Waals surface area contributed by atoms with E-state index < -0.39 is 23.8 Å². The van der Waals surface area contributed by atoms with Crippen LogP contribution in [0.2, 0.25) is 18.1 Å². The second kappa shape index (κ2) is 7.86. The molecular formula is C16H25ClO3SSi. The zero-order valence-corrected chi connectivity index (χ0v) is 16.5. The van der Waals surface area contributed by atoms with Gasteiger partial charge in [0.25, 0.3) is 0 Å². The van der Waals surface area contributed by atoms with E-state index in [9.17, 15) is 9.00 Å². The molecule has 6 heteroatoms. The quantitative estimate of drug-likeness (QED) is 0.415. The summed E-state index contributed by atoms with van der Waals surface area (Å²) < 4.78 is 17.1. The van der Waals surface area contributed by atoms with Crippen LogP contribution in [0.3, 0.4) is 0 Å². The van der Waals surface area contributed by atoms with Crippen molar-refractivity contribution in [2.75, 3.05) is 12.4 Å². The van der Waals surface area contributed by atoms with Crippen molar-refractivity contribution in [1.82, 2.24) is 0 Å². The van der Waals surface area contributed by atoms with Crippen molar-refractivity contribution < 1.29 is 13.4 Å². The second-order valence-corrected chi connectivity index (χ2v) is 13.9. The first-order valence-corrected chi connectivity index (χ1v) is 12.0. The number of benzene rings is 1. The lowest BCUT2D eigenvalue weighted by atomic mass is 10.1. The molecule has 0 saturated carbocycles. The van der Waals surface area contributed by atoms with Crippen molar-refractivity contribution in [2.45, 2.75) is 43.6 Å². The van der Waals surface area contributed by atoms with Gasteiger partial charge in [-0.1, -0.05) is 62.7 Å². The molecule has 1 rings (SSSR count). The minimum Gasteiger partial charge on any atom is -0.416 e. The number of carbonyl (C=O) groups is 1. The molecule has 0 amide bonds. The summed E-state index contributed by atoms with van der Waals surface area (Å²) >= 11 is 6.06. The van der Waals surface area contributed by atoms with Gasteiger partial charge in [0.05, 0.1) is 0 Å². The third-order valence-electron chi connectivity index (χ3n) is 4.05. The molecule has 0 saturated heterocycles. The Hall–Kier alpha value is -0.493. The molecule has 0 spiro atoms. The van der Waals surface area contributed by atoms with E-state index in [1.165, 1.54) is 0 Å². The largest absolute Gasteiger partial charge is 0.416 e.